The number of aromatic nitrogens is 2. The van der Waals surface area contributed by atoms with Crippen molar-refractivity contribution in [1.82, 2.24) is 36.1 Å². The molecule has 3 unspecified atom stereocenters. The lowest BCUT2D eigenvalue weighted by molar-refractivity contribution is -0.146. The van der Waals surface area contributed by atoms with Crippen LogP contribution in [0, 0.1) is 23.2 Å². The maximum atomic E-state index is 14.5. The first kappa shape index (κ1) is 39.5. The van der Waals surface area contributed by atoms with Crippen LogP contribution in [-0.2, 0) is 24.0 Å². The summed E-state index contributed by atoms with van der Waals surface area (Å²) in [5, 5.41) is 11.2. The predicted molar refractivity (Wildman–Crippen MR) is 185 cm³/mol. The molecule has 2 aliphatic rings. The van der Waals surface area contributed by atoms with Crippen molar-refractivity contribution in [2.45, 2.75) is 137 Å². The van der Waals surface area contributed by atoms with Crippen molar-refractivity contribution in [3.05, 3.63) is 24.3 Å². The zero-order valence-electron chi connectivity index (χ0n) is 30.5. The minimum Gasteiger partial charge on any atom is -0.347 e. The van der Waals surface area contributed by atoms with Gasteiger partial charge < -0.3 is 26.2 Å². The Kier molecular flexibility index (Phi) is 14.3. The van der Waals surface area contributed by atoms with Crippen LogP contribution in [0.4, 0.5) is 0 Å². The average Bonchev–Trinajstić information content (AvgIpc) is 3.66. The SMILES string of the molecule is CCCCCC(NC(=O)[C@@H]1[C@H]2CCC[C@H]2CN1C(=O)C(NC(=O)C(NC(=O)c1cnccn1)C(C)C)C(C)(C)C)C(=O)C(=O)N[C@H](C)CC. The number of unbranched alkanes of at least 4 members (excludes halogenated alkanes) is 2. The van der Waals surface area contributed by atoms with Crippen molar-refractivity contribution in [2.75, 3.05) is 6.54 Å². The molecule has 1 aliphatic heterocycles. The van der Waals surface area contributed by atoms with Crippen LogP contribution >= 0.6 is 0 Å². The largest absolute Gasteiger partial charge is 0.347 e. The summed E-state index contributed by atoms with van der Waals surface area (Å²) in [4.78, 5) is 91.0. The van der Waals surface area contributed by atoms with Crippen LogP contribution in [0.2, 0.25) is 0 Å². The molecule has 1 saturated heterocycles. The van der Waals surface area contributed by atoms with Gasteiger partial charge in [-0.1, -0.05) is 74.1 Å². The summed E-state index contributed by atoms with van der Waals surface area (Å²) in [6, 6.07) is -4.04. The Morgan fingerprint density at radius 1 is 0.939 bits per heavy atom. The minimum atomic E-state index is -1.02. The third-order valence-electron chi connectivity index (χ3n) is 9.82. The van der Waals surface area contributed by atoms with E-state index in [9.17, 15) is 28.8 Å². The van der Waals surface area contributed by atoms with Crippen LogP contribution in [0.3, 0.4) is 0 Å². The molecule has 0 aromatic carbocycles. The third kappa shape index (κ3) is 10.3. The summed E-state index contributed by atoms with van der Waals surface area (Å²) in [5.41, 5.74) is -0.695. The van der Waals surface area contributed by atoms with E-state index >= 15 is 0 Å². The highest BCUT2D eigenvalue weighted by Crippen LogP contribution is 2.43. The highest BCUT2D eigenvalue weighted by Gasteiger charge is 2.52. The van der Waals surface area contributed by atoms with E-state index < -0.39 is 64.9 Å². The molecule has 0 spiro atoms. The second-order valence-electron chi connectivity index (χ2n) is 15.1. The van der Waals surface area contributed by atoms with Crippen molar-refractivity contribution in [2.24, 2.45) is 23.2 Å². The lowest BCUT2D eigenvalue weighted by Crippen LogP contribution is -2.62. The van der Waals surface area contributed by atoms with Gasteiger partial charge in [0.15, 0.2) is 0 Å². The molecule has 2 fully saturated rings. The lowest BCUT2D eigenvalue weighted by atomic mass is 9.85. The molecule has 1 aromatic rings. The third-order valence-corrected chi connectivity index (χ3v) is 9.82. The van der Waals surface area contributed by atoms with Gasteiger partial charge in [-0.15, -0.1) is 0 Å². The van der Waals surface area contributed by atoms with Gasteiger partial charge in [0.2, 0.25) is 23.5 Å². The Labute approximate surface area is 290 Å². The number of nitrogens with zero attached hydrogens (tertiary/aromatic N) is 3. The molecule has 5 amide bonds. The molecule has 7 atom stereocenters. The highest BCUT2D eigenvalue weighted by molar-refractivity contribution is 6.38. The fraction of sp³-hybridized carbons (Fsp3) is 0.722. The van der Waals surface area contributed by atoms with Crippen LogP contribution < -0.4 is 21.3 Å². The van der Waals surface area contributed by atoms with Gasteiger partial charge in [0.1, 0.15) is 23.8 Å². The molecule has 13 nitrogen and oxygen atoms in total. The summed E-state index contributed by atoms with van der Waals surface area (Å²) >= 11 is 0. The maximum absolute atomic E-state index is 14.5. The molecule has 1 aliphatic carbocycles. The van der Waals surface area contributed by atoms with Crippen LogP contribution in [0.15, 0.2) is 18.6 Å². The van der Waals surface area contributed by atoms with E-state index in [1.807, 2.05) is 41.5 Å². The van der Waals surface area contributed by atoms with Gasteiger partial charge in [-0.3, -0.25) is 33.8 Å². The quantitative estimate of drug-likeness (QED) is 0.152. The maximum Gasteiger partial charge on any atom is 0.289 e. The Morgan fingerprint density at radius 3 is 2.24 bits per heavy atom. The number of likely N-dealkylation sites (tertiary alicyclic amines) is 1. The molecule has 2 heterocycles. The van der Waals surface area contributed by atoms with Crippen LogP contribution in [-0.4, -0.2) is 86.9 Å². The van der Waals surface area contributed by atoms with Crippen molar-refractivity contribution in [1.29, 1.82) is 0 Å². The summed E-state index contributed by atoms with van der Waals surface area (Å²) in [6.45, 7) is 15.2. The molecule has 1 saturated carbocycles. The van der Waals surface area contributed by atoms with Gasteiger partial charge in [-0.05, 0) is 55.8 Å². The Morgan fingerprint density at radius 2 is 1.65 bits per heavy atom. The number of carbonyl (C=O) groups is 6. The molecule has 0 bridgehead atoms. The van der Waals surface area contributed by atoms with Crippen LogP contribution in [0.1, 0.15) is 117 Å². The van der Waals surface area contributed by atoms with E-state index in [0.717, 1.165) is 32.1 Å². The van der Waals surface area contributed by atoms with Crippen LogP contribution in [0.5, 0.6) is 0 Å². The van der Waals surface area contributed by atoms with Crippen molar-refractivity contribution in [3.8, 4) is 0 Å². The number of amides is 5. The molecule has 13 heteroatoms. The van der Waals surface area contributed by atoms with Gasteiger partial charge in [0, 0.05) is 25.0 Å². The van der Waals surface area contributed by atoms with E-state index in [4.69, 9.17) is 0 Å². The topological polar surface area (TPSA) is 180 Å². The normalized spacial score (nSPS) is 21.2. The number of Topliss-reactive ketones (excluding diaryl/α,β-unsaturated/α-hetero) is 1. The zero-order valence-corrected chi connectivity index (χ0v) is 30.5. The molecular weight excluding hydrogens is 626 g/mol. The average molecular weight is 684 g/mol. The number of hydrogen-bond acceptors (Lipinski definition) is 8. The molecule has 49 heavy (non-hydrogen) atoms. The first-order chi connectivity index (χ1) is 23.1. The number of rotatable bonds is 16. The Hall–Kier alpha value is -3.90. The number of carbonyl (C=O) groups excluding carboxylic acids is 6. The van der Waals surface area contributed by atoms with E-state index in [1.54, 1.807) is 18.7 Å². The fourth-order valence-corrected chi connectivity index (χ4v) is 6.76. The van der Waals surface area contributed by atoms with E-state index in [1.165, 1.54) is 18.6 Å². The van der Waals surface area contributed by atoms with Gasteiger partial charge in [-0.25, -0.2) is 4.98 Å². The summed E-state index contributed by atoms with van der Waals surface area (Å²) in [5.74, 6) is -3.68. The Bertz CT molecular complexity index is 1330. The second-order valence-corrected chi connectivity index (χ2v) is 15.1. The van der Waals surface area contributed by atoms with Crippen molar-refractivity contribution in [3.63, 3.8) is 0 Å². The van der Waals surface area contributed by atoms with Crippen LogP contribution in [0.25, 0.3) is 0 Å². The van der Waals surface area contributed by atoms with E-state index in [-0.39, 0.29) is 29.5 Å². The smallest absolute Gasteiger partial charge is 0.289 e. The zero-order chi connectivity index (χ0) is 36.5. The first-order valence-electron chi connectivity index (χ1n) is 17.9. The second kappa shape index (κ2) is 17.7. The van der Waals surface area contributed by atoms with Gasteiger partial charge in [0.05, 0.1) is 12.2 Å². The summed E-state index contributed by atoms with van der Waals surface area (Å²) in [6.07, 6.45) is 10.1. The van der Waals surface area contributed by atoms with E-state index in [2.05, 4.69) is 31.2 Å². The highest BCUT2D eigenvalue weighted by atomic mass is 16.2. The Balaban J connectivity index is 1.86. The molecular formula is C36H57N7O6. The van der Waals surface area contributed by atoms with Gasteiger partial charge in [0.25, 0.3) is 11.8 Å². The number of nitrogens with one attached hydrogen (secondary N) is 4. The lowest BCUT2D eigenvalue weighted by Gasteiger charge is -2.37. The predicted octanol–water partition coefficient (Wildman–Crippen LogP) is 2.94. The molecule has 0 radical (unpaired) electrons. The van der Waals surface area contributed by atoms with Gasteiger partial charge in [-0.2, -0.15) is 0 Å². The fourth-order valence-electron chi connectivity index (χ4n) is 6.76. The number of fused-ring (bicyclic) bond motifs is 1. The molecule has 1 aromatic heterocycles. The minimum absolute atomic E-state index is 0.0608. The van der Waals surface area contributed by atoms with Crippen molar-refractivity contribution >= 4 is 35.3 Å². The first-order valence-corrected chi connectivity index (χ1v) is 17.9. The van der Waals surface area contributed by atoms with Gasteiger partial charge >= 0.3 is 0 Å². The summed E-state index contributed by atoms with van der Waals surface area (Å²) in [7, 11) is 0. The summed E-state index contributed by atoms with van der Waals surface area (Å²) < 4.78 is 0. The van der Waals surface area contributed by atoms with Crippen molar-refractivity contribution < 1.29 is 28.8 Å². The molecule has 3 rings (SSSR count). The standard InChI is InChI=1S/C36H57N7O6/c1-9-11-12-16-25(29(44)34(48)39-22(5)10-2)40-33(47)28-24-15-13-14-23(24)20-43(28)35(49)30(36(6,7)8)42-32(46)27(21(3)4)41-31(45)26-19-37-17-18-38-26/h17-19,21-25,27-28,30H,9-16,20H2,1-8H3,(H,39,48)(H,40,47)(H,41,45)(H,42,46)/t22-,23+,24+,25?,27?,28+,30?/m1/s1. The molecule has 4 N–H and O–H groups in total. The monoisotopic (exact) mass is 683 g/mol. The molecule has 272 valence electrons. The number of ketones is 1. The number of hydrogen-bond donors (Lipinski definition) is 4. The van der Waals surface area contributed by atoms with E-state index in [0.29, 0.717) is 25.8 Å².